The minimum absolute atomic E-state index is 0.0438. The third-order valence-corrected chi connectivity index (χ3v) is 4.38. The molecule has 1 aromatic carbocycles. The minimum atomic E-state index is -0.235. The Morgan fingerprint density at radius 3 is 2.70 bits per heavy atom. The zero-order valence-electron chi connectivity index (χ0n) is 11.9. The smallest absolute Gasteiger partial charge is 0.249 e. The van der Waals surface area contributed by atoms with E-state index in [-0.39, 0.29) is 17.4 Å². The van der Waals surface area contributed by atoms with Gasteiger partial charge in [-0.05, 0) is 43.4 Å². The highest BCUT2D eigenvalue weighted by molar-refractivity contribution is 5.81. The van der Waals surface area contributed by atoms with E-state index >= 15 is 0 Å². The van der Waals surface area contributed by atoms with Crippen LogP contribution < -0.4 is 10.1 Å². The first-order valence-electron chi connectivity index (χ1n) is 7.27. The van der Waals surface area contributed by atoms with Crippen molar-refractivity contribution in [2.45, 2.75) is 37.2 Å². The van der Waals surface area contributed by atoms with Crippen LogP contribution in [0.5, 0.6) is 5.75 Å². The normalized spacial score (nSPS) is 23.4. The quantitative estimate of drug-likeness (QED) is 0.894. The Morgan fingerprint density at radius 2 is 2.15 bits per heavy atom. The van der Waals surface area contributed by atoms with Crippen molar-refractivity contribution in [2.24, 2.45) is 0 Å². The molecule has 1 heterocycles. The molecule has 1 aliphatic carbocycles. The second kappa shape index (κ2) is 5.44. The lowest BCUT2D eigenvalue weighted by molar-refractivity contribution is -0.130. The molecule has 1 aromatic rings. The largest absolute Gasteiger partial charge is 0.497 e. The first-order valence-corrected chi connectivity index (χ1v) is 7.27. The molecule has 20 heavy (non-hydrogen) atoms. The van der Waals surface area contributed by atoms with Crippen LogP contribution in [0.3, 0.4) is 0 Å². The molecule has 1 aliphatic heterocycles. The van der Waals surface area contributed by atoms with Crippen molar-refractivity contribution in [2.75, 3.05) is 20.3 Å². The number of nitrogens with one attached hydrogen (secondary N) is 1. The molecule has 4 heteroatoms. The average molecular weight is 275 g/mol. The average Bonchev–Trinajstić information content (AvgIpc) is 3.08. The molecule has 1 atom stereocenters. The molecule has 0 bridgehead atoms. The van der Waals surface area contributed by atoms with Crippen molar-refractivity contribution >= 4 is 5.91 Å². The minimum Gasteiger partial charge on any atom is -0.497 e. The Hall–Kier alpha value is -1.55. The SMILES string of the molecule is COc1ccc(C2(CNC(=O)C3CCCO3)CC2)cc1. The molecule has 1 amide bonds. The molecule has 0 radical (unpaired) electrons. The van der Waals surface area contributed by atoms with Crippen LogP contribution in [0.15, 0.2) is 24.3 Å². The van der Waals surface area contributed by atoms with Gasteiger partial charge in [-0.2, -0.15) is 0 Å². The summed E-state index contributed by atoms with van der Waals surface area (Å²) in [7, 11) is 1.67. The van der Waals surface area contributed by atoms with Crippen LogP contribution in [-0.4, -0.2) is 32.3 Å². The van der Waals surface area contributed by atoms with Crippen molar-refractivity contribution in [3.8, 4) is 5.75 Å². The number of amides is 1. The van der Waals surface area contributed by atoms with Gasteiger partial charge in [0.2, 0.25) is 5.91 Å². The van der Waals surface area contributed by atoms with Gasteiger partial charge in [0.05, 0.1) is 7.11 Å². The van der Waals surface area contributed by atoms with Crippen molar-refractivity contribution in [1.82, 2.24) is 5.32 Å². The van der Waals surface area contributed by atoms with Crippen molar-refractivity contribution in [1.29, 1.82) is 0 Å². The summed E-state index contributed by atoms with van der Waals surface area (Å²) < 4.78 is 10.6. The fraction of sp³-hybridized carbons (Fsp3) is 0.562. The van der Waals surface area contributed by atoms with Crippen molar-refractivity contribution < 1.29 is 14.3 Å². The Labute approximate surface area is 119 Å². The van der Waals surface area contributed by atoms with Gasteiger partial charge in [0.15, 0.2) is 0 Å². The predicted molar refractivity (Wildman–Crippen MR) is 75.9 cm³/mol. The number of carbonyl (C=O) groups excluding carboxylic acids is 1. The maximum atomic E-state index is 12.0. The van der Waals surface area contributed by atoms with E-state index in [0.29, 0.717) is 13.2 Å². The van der Waals surface area contributed by atoms with Crippen LogP contribution in [-0.2, 0) is 14.9 Å². The molecule has 1 unspecified atom stereocenters. The van der Waals surface area contributed by atoms with Crippen LogP contribution in [0.1, 0.15) is 31.2 Å². The third kappa shape index (κ3) is 2.66. The Bertz CT molecular complexity index is 473. The lowest BCUT2D eigenvalue weighted by atomic mass is 9.95. The number of hydrogen-bond acceptors (Lipinski definition) is 3. The summed E-state index contributed by atoms with van der Waals surface area (Å²) in [5.74, 6) is 0.912. The predicted octanol–water partition coefficient (Wildman–Crippen LogP) is 2.02. The van der Waals surface area contributed by atoms with Gasteiger partial charge in [-0.15, -0.1) is 0 Å². The van der Waals surface area contributed by atoms with E-state index in [2.05, 4.69) is 17.4 Å². The van der Waals surface area contributed by atoms with E-state index in [0.717, 1.165) is 31.4 Å². The summed E-state index contributed by atoms with van der Waals surface area (Å²) in [4.78, 5) is 12.0. The number of methoxy groups -OCH3 is 1. The Morgan fingerprint density at radius 1 is 1.40 bits per heavy atom. The van der Waals surface area contributed by atoms with Gasteiger partial charge >= 0.3 is 0 Å². The van der Waals surface area contributed by atoms with Gasteiger partial charge in [0, 0.05) is 18.6 Å². The maximum Gasteiger partial charge on any atom is 0.249 e. The molecule has 0 spiro atoms. The van der Waals surface area contributed by atoms with Crippen LogP contribution in [0.4, 0.5) is 0 Å². The first-order chi connectivity index (χ1) is 9.73. The standard InChI is InChI=1S/C16H21NO3/c1-19-13-6-4-12(5-7-13)16(8-9-16)11-17-15(18)14-3-2-10-20-14/h4-7,14H,2-3,8-11H2,1H3,(H,17,18). The van der Waals surface area contributed by atoms with Gasteiger partial charge in [-0.25, -0.2) is 0 Å². The summed E-state index contributed by atoms with van der Waals surface area (Å²) in [5.41, 5.74) is 1.41. The molecular weight excluding hydrogens is 254 g/mol. The summed E-state index contributed by atoms with van der Waals surface area (Å²) in [6, 6.07) is 8.17. The molecule has 1 N–H and O–H groups in total. The number of hydrogen-bond donors (Lipinski definition) is 1. The van der Waals surface area contributed by atoms with E-state index in [1.54, 1.807) is 7.11 Å². The topological polar surface area (TPSA) is 47.6 Å². The summed E-state index contributed by atoms with van der Waals surface area (Å²) in [6.45, 7) is 1.42. The van der Waals surface area contributed by atoms with Gasteiger partial charge in [0.1, 0.15) is 11.9 Å². The molecule has 2 aliphatic rings. The zero-order chi connectivity index (χ0) is 14.0. The summed E-state index contributed by atoms with van der Waals surface area (Å²) >= 11 is 0. The van der Waals surface area contributed by atoms with E-state index in [1.807, 2.05) is 12.1 Å². The van der Waals surface area contributed by atoms with Crippen LogP contribution in [0.25, 0.3) is 0 Å². The van der Waals surface area contributed by atoms with E-state index in [9.17, 15) is 4.79 Å². The maximum absolute atomic E-state index is 12.0. The number of benzene rings is 1. The molecular formula is C16H21NO3. The van der Waals surface area contributed by atoms with Gasteiger partial charge in [-0.1, -0.05) is 12.1 Å². The molecule has 4 nitrogen and oxygen atoms in total. The monoisotopic (exact) mass is 275 g/mol. The Balaban J connectivity index is 1.59. The lowest BCUT2D eigenvalue weighted by Gasteiger charge is -2.18. The number of carbonyl (C=O) groups is 1. The fourth-order valence-electron chi connectivity index (χ4n) is 2.82. The molecule has 2 fully saturated rings. The van der Waals surface area contributed by atoms with Gasteiger partial charge in [0.25, 0.3) is 0 Å². The molecule has 0 aromatic heterocycles. The Kier molecular flexibility index (Phi) is 3.66. The van der Waals surface area contributed by atoms with E-state index < -0.39 is 0 Å². The number of rotatable bonds is 5. The van der Waals surface area contributed by atoms with Gasteiger partial charge in [-0.3, -0.25) is 4.79 Å². The second-order valence-electron chi connectivity index (χ2n) is 5.73. The van der Waals surface area contributed by atoms with Crippen LogP contribution >= 0.6 is 0 Å². The van der Waals surface area contributed by atoms with Crippen molar-refractivity contribution in [3.63, 3.8) is 0 Å². The molecule has 3 rings (SSSR count). The highest BCUT2D eigenvalue weighted by atomic mass is 16.5. The van der Waals surface area contributed by atoms with Crippen LogP contribution in [0, 0.1) is 0 Å². The molecule has 108 valence electrons. The summed E-state index contributed by atoms with van der Waals surface area (Å²) in [5, 5.41) is 3.06. The molecule has 1 saturated carbocycles. The summed E-state index contributed by atoms with van der Waals surface area (Å²) in [6.07, 6.45) is 3.86. The fourth-order valence-corrected chi connectivity index (χ4v) is 2.82. The van der Waals surface area contributed by atoms with Crippen LogP contribution in [0.2, 0.25) is 0 Å². The van der Waals surface area contributed by atoms with E-state index in [1.165, 1.54) is 5.56 Å². The molecule has 1 saturated heterocycles. The zero-order valence-corrected chi connectivity index (χ0v) is 11.9. The third-order valence-electron chi connectivity index (χ3n) is 4.38. The lowest BCUT2D eigenvalue weighted by Crippen LogP contribution is -2.38. The van der Waals surface area contributed by atoms with E-state index in [4.69, 9.17) is 9.47 Å². The number of ether oxygens (including phenoxy) is 2. The first kappa shape index (κ1) is 13.4. The second-order valence-corrected chi connectivity index (χ2v) is 5.73. The highest BCUT2D eigenvalue weighted by Gasteiger charge is 2.44. The van der Waals surface area contributed by atoms with Crippen molar-refractivity contribution in [3.05, 3.63) is 29.8 Å². The van der Waals surface area contributed by atoms with Gasteiger partial charge < -0.3 is 14.8 Å². The highest BCUT2D eigenvalue weighted by Crippen LogP contribution is 2.47.